The Morgan fingerprint density at radius 3 is 3.09 bits per heavy atom. The number of halogens is 1. The summed E-state index contributed by atoms with van der Waals surface area (Å²) in [5, 5.41) is 8.03. The van der Waals surface area contributed by atoms with Crippen LogP contribution in [-0.4, -0.2) is 15.2 Å². The van der Waals surface area contributed by atoms with E-state index >= 15 is 0 Å². The van der Waals surface area contributed by atoms with Gasteiger partial charge in [0, 0.05) is 11.1 Å². The van der Waals surface area contributed by atoms with Crippen molar-refractivity contribution in [1.29, 1.82) is 0 Å². The lowest BCUT2D eigenvalue weighted by Crippen LogP contribution is -1.79. The van der Waals surface area contributed by atoms with Gasteiger partial charge in [0.05, 0.1) is 0 Å². The van der Waals surface area contributed by atoms with Gasteiger partial charge in [-0.3, -0.25) is 5.10 Å². The molecule has 0 amide bonds. The molecule has 2 aromatic heterocycles. The van der Waals surface area contributed by atoms with Crippen LogP contribution in [0.2, 0.25) is 0 Å². The first kappa shape index (κ1) is 7.02. The molecule has 0 saturated heterocycles. The Bertz CT molecular complexity index is 393. The predicted molar refractivity (Wildman–Crippen MR) is 51.3 cm³/mol. The highest BCUT2D eigenvalue weighted by molar-refractivity contribution is 14.1. The topological polar surface area (TPSA) is 41.6 Å². The molecule has 3 nitrogen and oxygen atoms in total. The van der Waals surface area contributed by atoms with Gasteiger partial charge in [-0.05, 0) is 41.6 Å². The third-order valence-corrected chi connectivity index (χ3v) is 2.18. The Kier molecular flexibility index (Phi) is 1.56. The summed E-state index contributed by atoms with van der Waals surface area (Å²) in [6.07, 6.45) is 0. The molecule has 2 heterocycles. The van der Waals surface area contributed by atoms with Gasteiger partial charge >= 0.3 is 0 Å². The van der Waals surface area contributed by atoms with Crippen LogP contribution in [0.15, 0.2) is 12.1 Å². The number of hydrogen-bond donors (Lipinski definition) is 1. The number of pyridine rings is 1. The Hall–Kier alpha value is -0.650. The van der Waals surface area contributed by atoms with Crippen LogP contribution in [0.3, 0.4) is 0 Å². The molecule has 0 atom stereocenters. The van der Waals surface area contributed by atoms with E-state index in [0.29, 0.717) is 0 Å². The molecule has 1 N–H and O–H groups in total. The van der Waals surface area contributed by atoms with Gasteiger partial charge in [-0.2, -0.15) is 5.10 Å². The summed E-state index contributed by atoms with van der Waals surface area (Å²) in [6.45, 7) is 1.99. The van der Waals surface area contributed by atoms with Crippen molar-refractivity contribution >= 4 is 33.6 Å². The third kappa shape index (κ3) is 1.11. The van der Waals surface area contributed by atoms with Crippen molar-refractivity contribution in [2.75, 3.05) is 0 Å². The second-order valence-electron chi connectivity index (χ2n) is 2.35. The molecule has 2 rings (SSSR count). The Labute approximate surface area is 77.4 Å². The maximum Gasteiger partial charge on any atom is 0.182 e. The zero-order chi connectivity index (χ0) is 7.84. The van der Waals surface area contributed by atoms with E-state index < -0.39 is 0 Å². The highest BCUT2D eigenvalue weighted by atomic mass is 127. The minimum Gasteiger partial charge on any atom is -0.280 e. The lowest BCUT2D eigenvalue weighted by molar-refractivity contribution is 1.05. The molecule has 0 bridgehead atoms. The van der Waals surface area contributed by atoms with Crippen LogP contribution in [0.4, 0.5) is 0 Å². The van der Waals surface area contributed by atoms with Gasteiger partial charge in [-0.1, -0.05) is 0 Å². The summed E-state index contributed by atoms with van der Waals surface area (Å²) < 4.78 is 0.974. The average molecular weight is 259 g/mol. The summed E-state index contributed by atoms with van der Waals surface area (Å²) in [7, 11) is 0. The van der Waals surface area contributed by atoms with E-state index in [4.69, 9.17) is 0 Å². The second kappa shape index (κ2) is 2.44. The van der Waals surface area contributed by atoms with Crippen molar-refractivity contribution in [2.24, 2.45) is 0 Å². The van der Waals surface area contributed by atoms with Gasteiger partial charge in [-0.25, -0.2) is 4.98 Å². The molecule has 4 heteroatoms. The fourth-order valence-corrected chi connectivity index (χ4v) is 1.41. The maximum atomic E-state index is 4.24. The smallest absolute Gasteiger partial charge is 0.182 e. The van der Waals surface area contributed by atoms with Crippen molar-refractivity contribution < 1.29 is 0 Å². The summed E-state index contributed by atoms with van der Waals surface area (Å²) in [5.74, 6) is 0. The molecule has 0 spiro atoms. The van der Waals surface area contributed by atoms with Crippen molar-refractivity contribution in [3.8, 4) is 0 Å². The molecule has 0 aliphatic carbocycles. The number of rotatable bonds is 0. The SMILES string of the molecule is Cc1[nH]nc2nc(I)ccc12. The van der Waals surface area contributed by atoms with Gasteiger partial charge in [0.1, 0.15) is 3.70 Å². The van der Waals surface area contributed by atoms with Crippen molar-refractivity contribution in [2.45, 2.75) is 6.92 Å². The number of aromatic amines is 1. The molecule has 2 aromatic rings. The van der Waals surface area contributed by atoms with Gasteiger partial charge < -0.3 is 0 Å². The fourth-order valence-electron chi connectivity index (χ4n) is 1.00. The highest BCUT2D eigenvalue weighted by Crippen LogP contribution is 2.13. The Balaban J connectivity index is 2.86. The van der Waals surface area contributed by atoms with E-state index in [-0.39, 0.29) is 0 Å². The monoisotopic (exact) mass is 259 g/mol. The summed E-state index contributed by atoms with van der Waals surface area (Å²) in [5.41, 5.74) is 1.87. The van der Waals surface area contributed by atoms with E-state index in [2.05, 4.69) is 37.8 Å². The lowest BCUT2D eigenvalue weighted by Gasteiger charge is -1.88. The van der Waals surface area contributed by atoms with Gasteiger partial charge in [-0.15, -0.1) is 0 Å². The third-order valence-electron chi connectivity index (χ3n) is 1.57. The van der Waals surface area contributed by atoms with Crippen LogP contribution in [0, 0.1) is 10.6 Å². The maximum absolute atomic E-state index is 4.24. The second-order valence-corrected chi connectivity index (χ2v) is 3.46. The van der Waals surface area contributed by atoms with E-state index in [0.717, 1.165) is 20.4 Å². The number of nitrogens with zero attached hydrogens (tertiary/aromatic N) is 2. The molecule has 0 aliphatic rings. The molecular formula is C7H6IN3. The van der Waals surface area contributed by atoms with Crippen LogP contribution in [0.5, 0.6) is 0 Å². The molecule has 0 fully saturated rings. The minimum absolute atomic E-state index is 0.800. The highest BCUT2D eigenvalue weighted by Gasteiger charge is 2.00. The first-order valence-corrected chi connectivity index (χ1v) is 4.32. The number of aryl methyl sites for hydroxylation is 1. The number of hydrogen-bond acceptors (Lipinski definition) is 2. The zero-order valence-corrected chi connectivity index (χ0v) is 8.08. The van der Waals surface area contributed by atoms with Crippen LogP contribution in [0.1, 0.15) is 5.69 Å². The number of aromatic nitrogens is 3. The number of nitrogens with one attached hydrogen (secondary N) is 1. The summed E-state index contributed by atoms with van der Waals surface area (Å²) in [6, 6.07) is 4.01. The van der Waals surface area contributed by atoms with Crippen LogP contribution < -0.4 is 0 Å². The van der Waals surface area contributed by atoms with E-state index in [1.54, 1.807) is 0 Å². The average Bonchev–Trinajstić information content (AvgIpc) is 2.32. The number of fused-ring (bicyclic) bond motifs is 1. The molecule has 0 radical (unpaired) electrons. The molecule has 0 unspecified atom stereocenters. The van der Waals surface area contributed by atoms with Gasteiger partial charge in [0.25, 0.3) is 0 Å². The van der Waals surface area contributed by atoms with Crippen molar-refractivity contribution in [1.82, 2.24) is 15.2 Å². The van der Waals surface area contributed by atoms with Crippen LogP contribution >= 0.6 is 22.6 Å². The molecule has 0 aliphatic heterocycles. The molecular weight excluding hydrogens is 253 g/mol. The standard InChI is InChI=1S/C7H6IN3/c1-4-5-2-3-6(8)9-7(5)11-10-4/h2-3H,1H3,(H,9,10,11). The lowest BCUT2D eigenvalue weighted by atomic mass is 10.3. The minimum atomic E-state index is 0.800. The van der Waals surface area contributed by atoms with Crippen LogP contribution in [0.25, 0.3) is 11.0 Å². The molecule has 0 aromatic carbocycles. The van der Waals surface area contributed by atoms with Gasteiger partial charge in [0.15, 0.2) is 5.65 Å². The Morgan fingerprint density at radius 1 is 1.45 bits per heavy atom. The first-order valence-electron chi connectivity index (χ1n) is 3.24. The molecule has 0 saturated carbocycles. The van der Waals surface area contributed by atoms with E-state index in [9.17, 15) is 0 Å². The zero-order valence-electron chi connectivity index (χ0n) is 5.93. The van der Waals surface area contributed by atoms with Crippen molar-refractivity contribution in [3.63, 3.8) is 0 Å². The largest absolute Gasteiger partial charge is 0.280 e. The molecule has 11 heavy (non-hydrogen) atoms. The predicted octanol–water partition coefficient (Wildman–Crippen LogP) is 1.87. The van der Waals surface area contributed by atoms with Crippen LogP contribution in [-0.2, 0) is 0 Å². The first-order chi connectivity index (χ1) is 5.27. The quantitative estimate of drug-likeness (QED) is 0.579. The Morgan fingerprint density at radius 2 is 2.27 bits per heavy atom. The van der Waals surface area contributed by atoms with Crippen molar-refractivity contribution in [3.05, 3.63) is 21.5 Å². The normalized spacial score (nSPS) is 10.7. The van der Waals surface area contributed by atoms with E-state index in [1.807, 2.05) is 19.1 Å². The fraction of sp³-hybridized carbons (Fsp3) is 0.143. The summed E-state index contributed by atoms with van der Waals surface area (Å²) >= 11 is 2.17. The van der Waals surface area contributed by atoms with Gasteiger partial charge in [0.2, 0.25) is 0 Å². The summed E-state index contributed by atoms with van der Waals surface area (Å²) in [4.78, 5) is 4.24. The molecule has 56 valence electrons. The number of H-pyrrole nitrogens is 1. The van der Waals surface area contributed by atoms with E-state index in [1.165, 1.54) is 0 Å².